The van der Waals surface area contributed by atoms with E-state index in [-0.39, 0.29) is 17.7 Å². The van der Waals surface area contributed by atoms with Crippen molar-refractivity contribution in [1.29, 1.82) is 0 Å². The van der Waals surface area contributed by atoms with E-state index in [9.17, 15) is 4.79 Å². The molecule has 1 aliphatic carbocycles. The Balaban J connectivity index is 1.22. The molecular weight excluding hydrogens is 452 g/mol. The van der Waals surface area contributed by atoms with Gasteiger partial charge in [0.25, 0.3) is 5.91 Å². The Morgan fingerprint density at radius 3 is 2.82 bits per heavy atom. The molecule has 174 valence electrons. The summed E-state index contributed by atoms with van der Waals surface area (Å²) in [6.45, 7) is 0. The molecule has 34 heavy (non-hydrogen) atoms. The van der Waals surface area contributed by atoms with Crippen LogP contribution < -0.4 is 0 Å². The van der Waals surface area contributed by atoms with Crippen LogP contribution in [0.5, 0.6) is 0 Å². The highest BCUT2D eigenvalue weighted by molar-refractivity contribution is 7.99. The molecule has 9 nitrogen and oxygen atoms in total. The molecule has 2 aliphatic rings. The normalized spacial score (nSPS) is 19.1. The maximum absolute atomic E-state index is 13.3. The van der Waals surface area contributed by atoms with Crippen molar-refractivity contribution >= 4 is 34.3 Å². The highest BCUT2D eigenvalue weighted by Gasteiger charge is 2.36. The van der Waals surface area contributed by atoms with Gasteiger partial charge in [-0.15, -0.1) is 5.10 Å². The van der Waals surface area contributed by atoms with Gasteiger partial charge in [0.1, 0.15) is 23.1 Å². The minimum Gasteiger partial charge on any atom is -0.467 e. The first-order valence-corrected chi connectivity index (χ1v) is 12.6. The second-order valence-corrected chi connectivity index (χ2v) is 9.60. The van der Waals surface area contributed by atoms with Crippen LogP contribution in [0.25, 0.3) is 11.0 Å². The number of amides is 1. The van der Waals surface area contributed by atoms with Gasteiger partial charge in [0.15, 0.2) is 5.76 Å². The van der Waals surface area contributed by atoms with Crippen molar-refractivity contribution in [1.82, 2.24) is 25.2 Å². The number of hydrazone groups is 1. The van der Waals surface area contributed by atoms with Gasteiger partial charge in [-0.3, -0.25) is 4.79 Å². The fourth-order valence-electron chi connectivity index (χ4n) is 4.74. The molecule has 1 aliphatic heterocycles. The molecule has 6 rings (SSSR count). The summed E-state index contributed by atoms with van der Waals surface area (Å²) in [5.41, 5.74) is 1.52. The minimum atomic E-state index is -0.319. The lowest BCUT2D eigenvalue weighted by Gasteiger charge is -2.22. The molecule has 1 atom stereocenters. The van der Waals surface area contributed by atoms with Crippen LogP contribution in [-0.4, -0.2) is 42.6 Å². The molecule has 3 aromatic heterocycles. The third kappa shape index (κ3) is 4.02. The maximum atomic E-state index is 13.3. The number of para-hydroxylation sites is 1. The second kappa shape index (κ2) is 9.09. The summed E-state index contributed by atoms with van der Waals surface area (Å²) in [7, 11) is 0. The van der Waals surface area contributed by atoms with Crippen LogP contribution in [0.4, 0.5) is 0 Å². The number of carbonyl (C=O) groups is 1. The van der Waals surface area contributed by atoms with E-state index in [1.165, 1.54) is 36.0 Å². The zero-order valence-corrected chi connectivity index (χ0v) is 19.4. The van der Waals surface area contributed by atoms with E-state index < -0.39 is 0 Å². The summed E-state index contributed by atoms with van der Waals surface area (Å²) in [6, 6.07) is 13.5. The van der Waals surface area contributed by atoms with Crippen molar-refractivity contribution in [3.63, 3.8) is 0 Å². The smallest absolute Gasteiger partial charge is 0.253 e. The maximum Gasteiger partial charge on any atom is 0.253 e. The van der Waals surface area contributed by atoms with Gasteiger partial charge in [-0.2, -0.15) is 5.10 Å². The number of fused-ring (bicyclic) bond motifs is 1. The van der Waals surface area contributed by atoms with E-state index in [0.29, 0.717) is 29.1 Å². The quantitative estimate of drug-likeness (QED) is 0.361. The van der Waals surface area contributed by atoms with Crippen molar-refractivity contribution < 1.29 is 13.6 Å². The highest BCUT2D eigenvalue weighted by Crippen LogP contribution is 2.36. The van der Waals surface area contributed by atoms with E-state index in [2.05, 4.69) is 20.6 Å². The van der Waals surface area contributed by atoms with Gasteiger partial charge < -0.3 is 8.83 Å². The fraction of sp³-hybridized carbons (Fsp3) is 0.375. The standard InChI is InChI=1S/C24H24N6O3S/c31-23(15-34-24-25-27-28-29(24)17-8-2-1-3-9-17)30-19(21-11-6-12-32-21)14-18(26-30)22-13-16-7-4-5-10-20(16)33-22/h4-7,10-13,17,19H,1-3,8-9,14-15H2. The molecule has 0 N–H and O–H groups in total. The molecular formula is C24H24N6O3S. The summed E-state index contributed by atoms with van der Waals surface area (Å²) >= 11 is 1.35. The van der Waals surface area contributed by atoms with Gasteiger partial charge in [-0.1, -0.05) is 49.2 Å². The predicted molar refractivity (Wildman–Crippen MR) is 126 cm³/mol. The third-order valence-electron chi connectivity index (χ3n) is 6.46. The summed E-state index contributed by atoms with van der Waals surface area (Å²) < 4.78 is 13.5. The van der Waals surface area contributed by atoms with E-state index in [0.717, 1.165) is 29.5 Å². The average Bonchev–Trinajstić information content (AvgIpc) is 3.68. The molecule has 1 amide bonds. The average molecular weight is 477 g/mol. The van der Waals surface area contributed by atoms with E-state index >= 15 is 0 Å². The van der Waals surface area contributed by atoms with Crippen LogP contribution in [0.2, 0.25) is 0 Å². The molecule has 4 aromatic rings. The van der Waals surface area contributed by atoms with Gasteiger partial charge in [0, 0.05) is 11.8 Å². The number of tetrazole rings is 1. The van der Waals surface area contributed by atoms with E-state index in [1.54, 1.807) is 6.26 Å². The summed E-state index contributed by atoms with van der Waals surface area (Å²) in [5.74, 6) is 1.42. The number of furan rings is 2. The number of hydrogen-bond acceptors (Lipinski definition) is 8. The lowest BCUT2D eigenvalue weighted by atomic mass is 9.96. The molecule has 0 spiro atoms. The SMILES string of the molecule is O=C(CSc1nnnn1C1CCCCC1)N1N=C(c2cc3ccccc3o2)CC1c1ccco1. The first kappa shape index (κ1) is 21.2. The van der Waals surface area contributed by atoms with Crippen molar-refractivity contribution in [2.75, 3.05) is 5.75 Å². The monoisotopic (exact) mass is 476 g/mol. The fourth-order valence-corrected chi connectivity index (χ4v) is 5.54. The van der Waals surface area contributed by atoms with Gasteiger partial charge >= 0.3 is 0 Å². The van der Waals surface area contributed by atoms with Gasteiger partial charge in [-0.05, 0) is 47.5 Å². The summed E-state index contributed by atoms with van der Waals surface area (Å²) in [5, 5.41) is 20.1. The molecule has 0 bridgehead atoms. The molecule has 1 aromatic carbocycles. The van der Waals surface area contributed by atoms with Crippen molar-refractivity contribution in [3.8, 4) is 0 Å². The number of benzene rings is 1. The first-order valence-electron chi connectivity index (χ1n) is 11.6. The van der Waals surface area contributed by atoms with Gasteiger partial charge in [0.05, 0.1) is 18.1 Å². The zero-order chi connectivity index (χ0) is 22.9. The molecule has 4 heterocycles. The molecule has 0 radical (unpaired) electrons. The lowest BCUT2D eigenvalue weighted by molar-refractivity contribution is -0.130. The van der Waals surface area contributed by atoms with Gasteiger partial charge in [-0.25, -0.2) is 9.69 Å². The molecule has 1 unspecified atom stereocenters. The van der Waals surface area contributed by atoms with Crippen LogP contribution >= 0.6 is 11.8 Å². The van der Waals surface area contributed by atoms with Gasteiger partial charge in [0.2, 0.25) is 5.16 Å². The topological polar surface area (TPSA) is 103 Å². The predicted octanol–water partition coefficient (Wildman–Crippen LogP) is 4.99. The van der Waals surface area contributed by atoms with Crippen molar-refractivity contribution in [2.45, 2.75) is 55.8 Å². The summed E-state index contributed by atoms with van der Waals surface area (Å²) in [4.78, 5) is 13.3. The number of hydrogen-bond donors (Lipinski definition) is 0. The largest absolute Gasteiger partial charge is 0.467 e. The second-order valence-electron chi connectivity index (χ2n) is 8.66. The van der Waals surface area contributed by atoms with Crippen LogP contribution in [0, 0.1) is 0 Å². The van der Waals surface area contributed by atoms with Crippen LogP contribution in [0.15, 0.2) is 67.8 Å². The van der Waals surface area contributed by atoms with Crippen molar-refractivity contribution in [3.05, 3.63) is 60.2 Å². The number of carbonyl (C=O) groups excluding carboxylic acids is 1. The Kier molecular flexibility index (Phi) is 5.66. The minimum absolute atomic E-state index is 0.129. The Morgan fingerprint density at radius 1 is 1.12 bits per heavy atom. The highest BCUT2D eigenvalue weighted by atomic mass is 32.2. The number of aromatic nitrogens is 4. The van der Waals surface area contributed by atoms with Crippen LogP contribution in [0.3, 0.4) is 0 Å². The molecule has 1 saturated carbocycles. The zero-order valence-electron chi connectivity index (χ0n) is 18.5. The number of thioether (sulfide) groups is 1. The molecule has 1 fully saturated rings. The Hall–Kier alpha value is -3.40. The Morgan fingerprint density at radius 2 is 2.00 bits per heavy atom. The number of rotatable bonds is 6. The third-order valence-corrected chi connectivity index (χ3v) is 7.37. The molecule has 10 heteroatoms. The molecule has 0 saturated heterocycles. The van der Waals surface area contributed by atoms with Crippen LogP contribution in [-0.2, 0) is 4.79 Å². The Labute approximate surface area is 200 Å². The Bertz CT molecular complexity index is 1290. The van der Waals surface area contributed by atoms with Crippen molar-refractivity contribution in [2.24, 2.45) is 5.10 Å². The number of nitrogens with zero attached hydrogens (tertiary/aromatic N) is 6. The summed E-state index contributed by atoms with van der Waals surface area (Å²) in [6.07, 6.45) is 7.91. The van der Waals surface area contributed by atoms with E-state index in [4.69, 9.17) is 8.83 Å². The first-order chi connectivity index (χ1) is 16.8. The van der Waals surface area contributed by atoms with Crippen LogP contribution in [0.1, 0.15) is 62.1 Å². The van der Waals surface area contributed by atoms with E-state index in [1.807, 2.05) is 47.1 Å². The lowest BCUT2D eigenvalue weighted by Crippen LogP contribution is -2.28.